The molecule has 1 aliphatic rings. The fourth-order valence-corrected chi connectivity index (χ4v) is 3.37. The monoisotopic (exact) mass is 371 g/mol. The van der Waals surface area contributed by atoms with E-state index in [1.54, 1.807) is 18.2 Å². The highest BCUT2D eigenvalue weighted by atomic mass is 79.9. The first-order valence-corrected chi connectivity index (χ1v) is 7.70. The standard InChI is InChI=1S/C17H10BrNO4/c18-11-7-3-1-5-9(11)13-14-15(23-16(13)19-21)10-6-2-4-8-12(10)22-17(14)20/h1-8,13,21H/b19-16+. The molecule has 0 saturated heterocycles. The number of oxime groups is 1. The molecule has 1 N–H and O–H groups in total. The van der Waals surface area contributed by atoms with Crippen molar-refractivity contribution < 1.29 is 14.4 Å². The maximum absolute atomic E-state index is 12.5. The maximum Gasteiger partial charge on any atom is 0.344 e. The molecule has 1 atom stereocenters. The average molecular weight is 372 g/mol. The second-order valence-corrected chi connectivity index (χ2v) is 5.98. The van der Waals surface area contributed by atoms with Crippen LogP contribution in [-0.2, 0) is 0 Å². The van der Waals surface area contributed by atoms with Crippen LogP contribution in [0.5, 0.6) is 5.75 Å². The lowest BCUT2D eigenvalue weighted by molar-refractivity contribution is 0.303. The van der Waals surface area contributed by atoms with E-state index in [9.17, 15) is 10.0 Å². The predicted octanol–water partition coefficient (Wildman–Crippen LogP) is 3.87. The minimum atomic E-state index is -0.619. The van der Waals surface area contributed by atoms with Crippen molar-refractivity contribution in [2.75, 3.05) is 0 Å². The molecule has 0 fully saturated rings. The zero-order valence-corrected chi connectivity index (χ0v) is 13.3. The third kappa shape index (κ3) is 2.06. The molecule has 0 saturated carbocycles. The topological polar surface area (TPSA) is 72.0 Å². The van der Waals surface area contributed by atoms with Gasteiger partial charge in [0.1, 0.15) is 11.5 Å². The summed E-state index contributed by atoms with van der Waals surface area (Å²) in [4.78, 5) is 12.5. The molecule has 1 unspecified atom stereocenters. The van der Waals surface area contributed by atoms with E-state index in [0.717, 1.165) is 10.0 Å². The van der Waals surface area contributed by atoms with Crippen LogP contribution in [0.2, 0.25) is 0 Å². The molecule has 2 heterocycles. The lowest BCUT2D eigenvalue weighted by Crippen LogP contribution is -2.17. The van der Waals surface area contributed by atoms with Crippen LogP contribution in [0.4, 0.5) is 0 Å². The number of halogens is 1. The summed E-state index contributed by atoms with van der Waals surface area (Å²) in [6.45, 7) is 0. The van der Waals surface area contributed by atoms with E-state index in [-0.39, 0.29) is 5.90 Å². The molecule has 2 aromatic carbocycles. The van der Waals surface area contributed by atoms with Crippen molar-refractivity contribution in [3.8, 4) is 5.75 Å². The van der Waals surface area contributed by atoms with E-state index in [4.69, 9.17) is 9.15 Å². The number of hydrogen-bond acceptors (Lipinski definition) is 5. The SMILES string of the molecule is O=c1oc2ccccc2c2c1C(c1ccccc1Br)/C(=N\O)O2. The molecule has 4 rings (SSSR count). The third-order valence-electron chi connectivity index (χ3n) is 3.86. The summed E-state index contributed by atoms with van der Waals surface area (Å²) in [5, 5.41) is 13.2. The van der Waals surface area contributed by atoms with Crippen LogP contribution in [0.1, 0.15) is 17.0 Å². The van der Waals surface area contributed by atoms with Gasteiger partial charge in [-0.2, -0.15) is 0 Å². The molecular formula is C17H10BrNO4. The van der Waals surface area contributed by atoms with E-state index in [1.165, 1.54) is 0 Å². The Balaban J connectivity index is 2.07. The van der Waals surface area contributed by atoms with Crippen molar-refractivity contribution in [1.29, 1.82) is 0 Å². The van der Waals surface area contributed by atoms with E-state index in [2.05, 4.69) is 21.1 Å². The molecular weight excluding hydrogens is 362 g/mol. The highest BCUT2D eigenvalue weighted by Crippen LogP contribution is 2.43. The van der Waals surface area contributed by atoms with Crippen molar-refractivity contribution in [1.82, 2.24) is 0 Å². The Kier molecular flexibility index (Phi) is 3.20. The van der Waals surface area contributed by atoms with Crippen molar-refractivity contribution in [3.05, 3.63) is 74.6 Å². The van der Waals surface area contributed by atoms with Crippen molar-refractivity contribution >= 4 is 32.8 Å². The number of nitrogens with zero attached hydrogens (tertiary/aromatic N) is 1. The molecule has 0 spiro atoms. The van der Waals surface area contributed by atoms with E-state index in [1.807, 2.05) is 30.3 Å². The number of rotatable bonds is 1. The second-order valence-electron chi connectivity index (χ2n) is 5.12. The summed E-state index contributed by atoms with van der Waals surface area (Å²) in [7, 11) is 0. The largest absolute Gasteiger partial charge is 0.437 e. The Morgan fingerprint density at radius 3 is 2.61 bits per heavy atom. The van der Waals surface area contributed by atoms with E-state index in [0.29, 0.717) is 22.3 Å². The first-order valence-electron chi connectivity index (χ1n) is 6.90. The molecule has 6 heteroatoms. The van der Waals surface area contributed by atoms with Crippen LogP contribution < -0.4 is 10.4 Å². The fourth-order valence-electron chi connectivity index (χ4n) is 2.86. The molecule has 0 bridgehead atoms. The maximum atomic E-state index is 12.5. The number of hydrogen-bond donors (Lipinski definition) is 1. The van der Waals surface area contributed by atoms with Gasteiger partial charge in [-0.1, -0.05) is 51.4 Å². The normalized spacial score (nSPS) is 18.1. The summed E-state index contributed by atoms with van der Waals surface area (Å²) in [6, 6.07) is 14.5. The van der Waals surface area contributed by atoms with Gasteiger partial charge in [-0.3, -0.25) is 0 Å². The van der Waals surface area contributed by atoms with Gasteiger partial charge >= 0.3 is 5.63 Å². The summed E-state index contributed by atoms with van der Waals surface area (Å²) < 4.78 is 11.9. The van der Waals surface area contributed by atoms with Crippen molar-refractivity contribution in [2.24, 2.45) is 5.16 Å². The quantitative estimate of drug-likeness (QED) is 0.400. The Morgan fingerprint density at radius 1 is 1.09 bits per heavy atom. The Morgan fingerprint density at radius 2 is 1.83 bits per heavy atom. The summed E-state index contributed by atoms with van der Waals surface area (Å²) >= 11 is 3.46. The van der Waals surface area contributed by atoms with Gasteiger partial charge in [0.15, 0.2) is 5.75 Å². The van der Waals surface area contributed by atoms with Crippen LogP contribution in [0.3, 0.4) is 0 Å². The van der Waals surface area contributed by atoms with Gasteiger partial charge in [0.05, 0.1) is 10.9 Å². The number of benzene rings is 2. The molecule has 0 amide bonds. The van der Waals surface area contributed by atoms with E-state index >= 15 is 0 Å². The lowest BCUT2D eigenvalue weighted by atomic mass is 9.93. The van der Waals surface area contributed by atoms with E-state index < -0.39 is 11.5 Å². The summed E-state index contributed by atoms with van der Waals surface area (Å²) in [6.07, 6.45) is 0. The lowest BCUT2D eigenvalue weighted by Gasteiger charge is -2.10. The molecule has 0 radical (unpaired) electrons. The first-order chi connectivity index (χ1) is 11.2. The van der Waals surface area contributed by atoms with Gasteiger partial charge in [-0.15, -0.1) is 0 Å². The van der Waals surface area contributed by atoms with Crippen LogP contribution in [-0.4, -0.2) is 11.1 Å². The minimum Gasteiger partial charge on any atom is -0.437 e. The first kappa shape index (κ1) is 14.0. The molecule has 5 nitrogen and oxygen atoms in total. The van der Waals surface area contributed by atoms with Gasteiger partial charge in [-0.05, 0) is 23.8 Å². The average Bonchev–Trinajstić information content (AvgIpc) is 2.96. The van der Waals surface area contributed by atoms with Gasteiger partial charge in [0.2, 0.25) is 5.90 Å². The highest BCUT2D eigenvalue weighted by Gasteiger charge is 2.39. The smallest absolute Gasteiger partial charge is 0.344 e. The van der Waals surface area contributed by atoms with Gasteiger partial charge in [-0.25, -0.2) is 4.79 Å². The zero-order valence-electron chi connectivity index (χ0n) is 11.7. The molecule has 23 heavy (non-hydrogen) atoms. The predicted molar refractivity (Wildman–Crippen MR) is 88.3 cm³/mol. The Labute approximate surface area is 138 Å². The summed E-state index contributed by atoms with van der Waals surface area (Å²) in [5.74, 6) is -0.188. The highest BCUT2D eigenvalue weighted by molar-refractivity contribution is 9.10. The Bertz CT molecular complexity index is 1010. The molecule has 3 aromatic rings. The van der Waals surface area contributed by atoms with Gasteiger partial charge in [0.25, 0.3) is 0 Å². The molecule has 1 aromatic heterocycles. The fraction of sp³-hybridized carbons (Fsp3) is 0.0588. The zero-order chi connectivity index (χ0) is 16.0. The van der Waals surface area contributed by atoms with Gasteiger partial charge < -0.3 is 14.4 Å². The molecule has 0 aliphatic carbocycles. The summed E-state index contributed by atoms with van der Waals surface area (Å²) in [5.41, 5.74) is 1.03. The number of para-hydroxylation sites is 1. The minimum absolute atomic E-state index is 0.0514. The van der Waals surface area contributed by atoms with Crippen LogP contribution in [0.15, 0.2) is 67.4 Å². The van der Waals surface area contributed by atoms with Crippen molar-refractivity contribution in [3.63, 3.8) is 0 Å². The second kappa shape index (κ2) is 5.24. The molecule has 1 aliphatic heterocycles. The third-order valence-corrected chi connectivity index (χ3v) is 4.58. The van der Waals surface area contributed by atoms with Crippen LogP contribution >= 0.6 is 15.9 Å². The van der Waals surface area contributed by atoms with Gasteiger partial charge in [0, 0.05) is 4.47 Å². The van der Waals surface area contributed by atoms with Crippen molar-refractivity contribution in [2.45, 2.75) is 5.92 Å². The number of ether oxygens (including phenoxy) is 1. The Hall–Kier alpha value is -2.60. The van der Waals surface area contributed by atoms with Crippen LogP contribution in [0, 0.1) is 0 Å². The number of fused-ring (bicyclic) bond motifs is 3. The molecule has 114 valence electrons. The van der Waals surface area contributed by atoms with Crippen LogP contribution in [0.25, 0.3) is 11.0 Å².